The minimum atomic E-state index is -0.190. The van der Waals surface area contributed by atoms with E-state index in [9.17, 15) is 4.79 Å². The monoisotopic (exact) mass is 423 g/mol. The van der Waals surface area contributed by atoms with Gasteiger partial charge in [0.2, 0.25) is 11.7 Å². The second-order valence-corrected chi connectivity index (χ2v) is 7.19. The molecule has 0 aliphatic carbocycles. The molecule has 1 unspecified atom stereocenters. The second-order valence-electron chi connectivity index (χ2n) is 7.19. The topological polar surface area (TPSA) is 61.1 Å². The molecule has 6 nitrogen and oxygen atoms in total. The molecule has 6 heteroatoms. The molecule has 0 fully saturated rings. The fourth-order valence-corrected chi connectivity index (χ4v) is 3.56. The maximum atomic E-state index is 13.1. The van der Waals surface area contributed by atoms with Crippen molar-refractivity contribution in [3.63, 3.8) is 0 Å². The summed E-state index contributed by atoms with van der Waals surface area (Å²) in [6, 6.07) is 13.3. The van der Waals surface area contributed by atoms with E-state index in [1.54, 1.807) is 45.6 Å². The zero-order valence-electron chi connectivity index (χ0n) is 18.7. The number of hydrogen-bond donors (Lipinski definition) is 0. The summed E-state index contributed by atoms with van der Waals surface area (Å²) in [5.41, 5.74) is 1.59. The Bertz CT molecular complexity index is 1010. The Morgan fingerprint density at radius 1 is 1.06 bits per heavy atom. The van der Waals surface area contributed by atoms with E-state index >= 15 is 0 Å². The minimum absolute atomic E-state index is 0.0939. The van der Waals surface area contributed by atoms with Gasteiger partial charge in [0.05, 0.1) is 27.4 Å². The lowest BCUT2D eigenvalue weighted by Gasteiger charge is -2.26. The average molecular weight is 424 g/mol. The molecule has 3 aromatic rings. The smallest absolute Gasteiger partial charge is 0.247 e. The molecule has 1 amide bonds. The summed E-state index contributed by atoms with van der Waals surface area (Å²) in [6.45, 7) is 4.66. The van der Waals surface area contributed by atoms with Crippen molar-refractivity contribution in [3.8, 4) is 17.2 Å². The lowest BCUT2D eigenvalue weighted by molar-refractivity contribution is -0.128. The van der Waals surface area contributed by atoms with Crippen LogP contribution in [0.4, 0.5) is 0 Å². The van der Waals surface area contributed by atoms with Gasteiger partial charge >= 0.3 is 0 Å². The number of nitrogens with zero attached hydrogens (tertiary/aromatic N) is 1. The van der Waals surface area contributed by atoms with Crippen molar-refractivity contribution >= 4 is 23.0 Å². The van der Waals surface area contributed by atoms with Crippen LogP contribution in [0.15, 0.2) is 53.0 Å². The Labute approximate surface area is 183 Å². The summed E-state index contributed by atoms with van der Waals surface area (Å²) in [4.78, 5) is 14.9. The molecule has 0 saturated carbocycles. The summed E-state index contributed by atoms with van der Waals surface area (Å²) >= 11 is 0. The highest BCUT2D eigenvalue weighted by Gasteiger charge is 2.22. The summed E-state index contributed by atoms with van der Waals surface area (Å²) in [6.07, 6.45) is 4.16. The van der Waals surface area contributed by atoms with Gasteiger partial charge in [0, 0.05) is 18.0 Å². The van der Waals surface area contributed by atoms with E-state index in [4.69, 9.17) is 18.6 Å². The number of benzene rings is 2. The van der Waals surface area contributed by atoms with Crippen LogP contribution in [-0.4, -0.2) is 38.7 Å². The fraction of sp³-hybridized carbons (Fsp3) is 0.320. The van der Waals surface area contributed by atoms with Gasteiger partial charge < -0.3 is 23.5 Å². The van der Waals surface area contributed by atoms with E-state index in [0.717, 1.165) is 28.7 Å². The number of amides is 1. The second kappa shape index (κ2) is 10.1. The molecule has 0 aliphatic heterocycles. The zero-order chi connectivity index (χ0) is 22.4. The Balaban J connectivity index is 1.85. The number of ether oxygens (including phenoxy) is 3. The largest absolute Gasteiger partial charge is 0.493 e. The van der Waals surface area contributed by atoms with E-state index in [0.29, 0.717) is 23.8 Å². The molecular formula is C25H29NO5. The highest BCUT2D eigenvalue weighted by Crippen LogP contribution is 2.38. The molecule has 1 atom stereocenters. The Morgan fingerprint density at radius 2 is 1.74 bits per heavy atom. The van der Waals surface area contributed by atoms with Gasteiger partial charge in [-0.2, -0.15) is 0 Å². The standard InChI is InChI=1S/C25H29NO5/c1-6-13-26(17(2)21-16-19-9-7-8-10-20(19)31-21)24(27)12-11-18-14-22(28-3)25(30-5)23(15-18)29-4/h7-12,14-17H,6,13H2,1-5H3/b12-11+. The van der Waals surface area contributed by atoms with Gasteiger partial charge in [-0.1, -0.05) is 25.1 Å². The van der Waals surface area contributed by atoms with Crippen molar-refractivity contribution in [2.45, 2.75) is 26.3 Å². The van der Waals surface area contributed by atoms with Crippen molar-refractivity contribution < 1.29 is 23.4 Å². The molecule has 0 spiro atoms. The first-order valence-corrected chi connectivity index (χ1v) is 10.3. The number of hydrogen-bond acceptors (Lipinski definition) is 5. The maximum Gasteiger partial charge on any atom is 0.247 e. The predicted octanol–water partition coefficient (Wildman–Crippen LogP) is 5.47. The van der Waals surface area contributed by atoms with Gasteiger partial charge in [-0.3, -0.25) is 4.79 Å². The van der Waals surface area contributed by atoms with E-state index in [2.05, 4.69) is 6.92 Å². The van der Waals surface area contributed by atoms with Gasteiger partial charge in [-0.05, 0) is 49.2 Å². The molecule has 0 saturated heterocycles. The zero-order valence-corrected chi connectivity index (χ0v) is 18.7. The van der Waals surface area contributed by atoms with Crippen LogP contribution < -0.4 is 14.2 Å². The summed E-state index contributed by atoms with van der Waals surface area (Å²) < 4.78 is 22.1. The van der Waals surface area contributed by atoms with Crippen LogP contribution >= 0.6 is 0 Å². The van der Waals surface area contributed by atoms with E-state index in [1.165, 1.54) is 0 Å². The van der Waals surface area contributed by atoms with Crippen molar-refractivity contribution in [1.82, 2.24) is 4.90 Å². The average Bonchev–Trinajstić information content (AvgIpc) is 3.24. The van der Waals surface area contributed by atoms with Gasteiger partial charge in [-0.15, -0.1) is 0 Å². The van der Waals surface area contributed by atoms with Crippen LogP contribution in [0.1, 0.15) is 37.6 Å². The number of rotatable bonds is 9. The van der Waals surface area contributed by atoms with E-state index in [-0.39, 0.29) is 11.9 Å². The molecule has 3 rings (SSSR count). The van der Waals surface area contributed by atoms with Crippen LogP contribution in [0.25, 0.3) is 17.0 Å². The van der Waals surface area contributed by atoms with Crippen LogP contribution in [0.5, 0.6) is 17.2 Å². The van der Waals surface area contributed by atoms with E-state index < -0.39 is 0 Å². The quantitative estimate of drug-likeness (QED) is 0.427. The first-order chi connectivity index (χ1) is 15.0. The highest BCUT2D eigenvalue weighted by molar-refractivity contribution is 5.92. The Kier molecular flexibility index (Phi) is 7.23. The van der Waals surface area contributed by atoms with Crippen molar-refractivity contribution in [1.29, 1.82) is 0 Å². The molecule has 0 N–H and O–H groups in total. The third-order valence-electron chi connectivity index (χ3n) is 5.18. The lowest BCUT2D eigenvalue weighted by Crippen LogP contribution is -2.32. The number of para-hydroxylation sites is 1. The van der Waals surface area contributed by atoms with Gasteiger partial charge in [0.1, 0.15) is 11.3 Å². The van der Waals surface area contributed by atoms with Crippen molar-refractivity contribution in [2.24, 2.45) is 0 Å². The number of methoxy groups -OCH3 is 3. The number of carbonyl (C=O) groups excluding carboxylic acids is 1. The first-order valence-electron chi connectivity index (χ1n) is 10.3. The molecule has 2 aromatic carbocycles. The molecule has 1 aromatic heterocycles. The normalized spacial score (nSPS) is 12.2. The predicted molar refractivity (Wildman–Crippen MR) is 122 cm³/mol. The molecule has 0 aliphatic rings. The fourth-order valence-electron chi connectivity index (χ4n) is 3.56. The van der Waals surface area contributed by atoms with Crippen molar-refractivity contribution in [2.75, 3.05) is 27.9 Å². The Morgan fingerprint density at radius 3 is 2.32 bits per heavy atom. The van der Waals surface area contributed by atoms with Crippen LogP contribution in [0, 0.1) is 0 Å². The lowest BCUT2D eigenvalue weighted by atomic mass is 10.1. The van der Waals surface area contributed by atoms with E-state index in [1.807, 2.05) is 42.2 Å². The van der Waals surface area contributed by atoms with Gasteiger partial charge in [0.25, 0.3) is 0 Å². The SMILES string of the molecule is CCCN(C(=O)/C=C/c1cc(OC)c(OC)c(OC)c1)C(C)c1cc2ccccc2o1. The third kappa shape index (κ3) is 4.85. The van der Waals surface area contributed by atoms with Crippen LogP contribution in [0.2, 0.25) is 0 Å². The molecule has 0 bridgehead atoms. The number of fused-ring (bicyclic) bond motifs is 1. The van der Waals surface area contributed by atoms with Crippen molar-refractivity contribution in [3.05, 3.63) is 59.9 Å². The Hall–Kier alpha value is -3.41. The highest BCUT2D eigenvalue weighted by atomic mass is 16.5. The van der Waals surface area contributed by atoms with Gasteiger partial charge in [0.15, 0.2) is 11.5 Å². The maximum absolute atomic E-state index is 13.1. The minimum Gasteiger partial charge on any atom is -0.493 e. The molecule has 31 heavy (non-hydrogen) atoms. The first kappa shape index (κ1) is 22.3. The molecular weight excluding hydrogens is 394 g/mol. The molecule has 1 heterocycles. The summed E-state index contributed by atoms with van der Waals surface area (Å²) in [5, 5.41) is 1.03. The third-order valence-corrected chi connectivity index (χ3v) is 5.18. The number of furan rings is 1. The summed E-state index contributed by atoms with van der Waals surface area (Å²) in [5.74, 6) is 2.26. The summed E-state index contributed by atoms with van der Waals surface area (Å²) in [7, 11) is 4.68. The van der Waals surface area contributed by atoms with Crippen LogP contribution in [0.3, 0.4) is 0 Å². The molecule has 0 radical (unpaired) electrons. The van der Waals surface area contributed by atoms with Crippen LogP contribution in [-0.2, 0) is 4.79 Å². The number of carbonyl (C=O) groups is 1. The molecule has 164 valence electrons. The van der Waals surface area contributed by atoms with Gasteiger partial charge in [-0.25, -0.2) is 0 Å².